The summed E-state index contributed by atoms with van der Waals surface area (Å²) >= 11 is 0. The lowest BCUT2D eigenvalue weighted by Crippen LogP contribution is -2.35. The molecule has 6 heteroatoms. The van der Waals surface area contributed by atoms with Crippen LogP contribution < -0.4 is 5.73 Å². The number of likely N-dealkylation sites (N-methyl/N-ethyl adjacent to an activating group) is 1. The van der Waals surface area contributed by atoms with Crippen LogP contribution in [0.15, 0.2) is 16.5 Å². The lowest BCUT2D eigenvalue weighted by Gasteiger charge is -2.24. The molecule has 1 rings (SSSR count). The molecule has 100 valence electrons. The summed E-state index contributed by atoms with van der Waals surface area (Å²) in [6, 6.07) is 3.11. The van der Waals surface area contributed by atoms with Crippen molar-refractivity contribution in [1.29, 1.82) is 0 Å². The fourth-order valence-corrected chi connectivity index (χ4v) is 1.69. The number of furan rings is 1. The molecular formula is C12H18N2O4. The average Bonchev–Trinajstić information content (AvgIpc) is 2.83. The van der Waals surface area contributed by atoms with Gasteiger partial charge in [0.05, 0.1) is 19.7 Å². The van der Waals surface area contributed by atoms with Crippen LogP contribution >= 0.6 is 0 Å². The minimum atomic E-state index is -0.522. The maximum absolute atomic E-state index is 11.3. The Kier molecular flexibility index (Phi) is 4.91. The highest BCUT2D eigenvalue weighted by molar-refractivity contribution is 5.86. The van der Waals surface area contributed by atoms with E-state index in [1.165, 1.54) is 7.11 Å². The Morgan fingerprint density at radius 3 is 2.67 bits per heavy atom. The van der Waals surface area contributed by atoms with Gasteiger partial charge in [-0.15, -0.1) is 0 Å². The van der Waals surface area contributed by atoms with Crippen LogP contribution in [0, 0.1) is 0 Å². The molecule has 0 aliphatic rings. The van der Waals surface area contributed by atoms with E-state index >= 15 is 0 Å². The van der Waals surface area contributed by atoms with Gasteiger partial charge in [0.2, 0.25) is 11.7 Å². The molecule has 0 aliphatic heterocycles. The van der Waals surface area contributed by atoms with Crippen molar-refractivity contribution in [1.82, 2.24) is 4.90 Å². The fraction of sp³-hybridized carbons (Fsp3) is 0.500. The van der Waals surface area contributed by atoms with Crippen molar-refractivity contribution >= 4 is 11.9 Å². The first-order chi connectivity index (χ1) is 8.49. The van der Waals surface area contributed by atoms with E-state index < -0.39 is 11.9 Å². The van der Waals surface area contributed by atoms with Crippen LogP contribution in [0.25, 0.3) is 0 Å². The Hall–Kier alpha value is -1.82. The van der Waals surface area contributed by atoms with Gasteiger partial charge in [-0.1, -0.05) is 6.92 Å². The molecular weight excluding hydrogens is 236 g/mol. The molecule has 1 unspecified atom stereocenters. The molecule has 2 N–H and O–H groups in total. The number of hydrogen-bond donors (Lipinski definition) is 1. The predicted octanol–water partition coefficient (Wildman–Crippen LogP) is 0.934. The van der Waals surface area contributed by atoms with Gasteiger partial charge in [-0.05, 0) is 25.6 Å². The van der Waals surface area contributed by atoms with Crippen molar-refractivity contribution < 1.29 is 18.7 Å². The topological polar surface area (TPSA) is 85.8 Å². The summed E-state index contributed by atoms with van der Waals surface area (Å²) in [6.07, 6.45) is 0. The van der Waals surface area contributed by atoms with Crippen LogP contribution in [0.3, 0.4) is 0 Å². The average molecular weight is 254 g/mol. The van der Waals surface area contributed by atoms with E-state index in [4.69, 9.17) is 10.2 Å². The zero-order chi connectivity index (χ0) is 13.7. The Bertz CT molecular complexity index is 427. The monoisotopic (exact) mass is 254 g/mol. The van der Waals surface area contributed by atoms with Crippen LogP contribution in [-0.4, -0.2) is 37.0 Å². The van der Waals surface area contributed by atoms with Gasteiger partial charge in [-0.2, -0.15) is 0 Å². The van der Waals surface area contributed by atoms with Gasteiger partial charge < -0.3 is 14.9 Å². The summed E-state index contributed by atoms with van der Waals surface area (Å²) in [4.78, 5) is 24.1. The van der Waals surface area contributed by atoms with Crippen molar-refractivity contribution in [3.8, 4) is 0 Å². The number of carbonyl (C=O) groups excluding carboxylic acids is 2. The second-order valence-corrected chi connectivity index (χ2v) is 3.90. The van der Waals surface area contributed by atoms with Crippen molar-refractivity contribution in [2.75, 3.05) is 20.2 Å². The summed E-state index contributed by atoms with van der Waals surface area (Å²) in [7, 11) is 1.29. The molecule has 0 radical (unpaired) electrons. The molecule has 0 saturated carbocycles. The number of methoxy groups -OCH3 is 1. The smallest absolute Gasteiger partial charge is 0.373 e. The van der Waals surface area contributed by atoms with E-state index in [0.717, 1.165) is 0 Å². The lowest BCUT2D eigenvalue weighted by molar-refractivity contribution is -0.119. The molecule has 0 saturated heterocycles. The third-order valence-corrected chi connectivity index (χ3v) is 2.74. The number of hydrogen-bond acceptors (Lipinski definition) is 5. The summed E-state index contributed by atoms with van der Waals surface area (Å²) in [5, 5.41) is 0. The first-order valence-corrected chi connectivity index (χ1v) is 5.70. The number of nitrogens with zero attached hydrogens (tertiary/aromatic N) is 1. The Labute approximate surface area is 106 Å². The van der Waals surface area contributed by atoms with E-state index in [2.05, 4.69) is 4.74 Å². The summed E-state index contributed by atoms with van der Waals surface area (Å²) in [5.74, 6) is -0.178. The molecule has 0 fully saturated rings. The summed E-state index contributed by atoms with van der Waals surface area (Å²) in [6.45, 7) is 4.60. The maximum atomic E-state index is 11.3. The van der Waals surface area contributed by atoms with Crippen LogP contribution in [-0.2, 0) is 9.53 Å². The van der Waals surface area contributed by atoms with E-state index in [0.29, 0.717) is 12.3 Å². The molecule has 0 bridgehead atoms. The first-order valence-electron chi connectivity index (χ1n) is 5.70. The SMILES string of the molecule is CCN(CC(N)=O)C(C)c1ccc(C(=O)OC)o1. The van der Waals surface area contributed by atoms with Gasteiger partial charge >= 0.3 is 5.97 Å². The lowest BCUT2D eigenvalue weighted by atomic mass is 10.2. The van der Waals surface area contributed by atoms with E-state index in [1.54, 1.807) is 12.1 Å². The maximum Gasteiger partial charge on any atom is 0.373 e. The molecule has 1 atom stereocenters. The molecule has 1 heterocycles. The third kappa shape index (κ3) is 3.33. The number of ether oxygens (including phenoxy) is 1. The molecule has 1 aromatic heterocycles. The van der Waals surface area contributed by atoms with E-state index in [9.17, 15) is 9.59 Å². The number of primary amides is 1. The molecule has 0 aliphatic carbocycles. The van der Waals surface area contributed by atoms with Crippen molar-refractivity contribution in [2.24, 2.45) is 5.73 Å². The van der Waals surface area contributed by atoms with E-state index in [1.807, 2.05) is 18.7 Å². The number of esters is 1. The molecule has 0 aromatic carbocycles. The highest BCUT2D eigenvalue weighted by Gasteiger charge is 2.20. The zero-order valence-corrected chi connectivity index (χ0v) is 10.8. The van der Waals surface area contributed by atoms with Crippen LogP contribution in [0.4, 0.5) is 0 Å². The highest BCUT2D eigenvalue weighted by Crippen LogP contribution is 2.22. The molecule has 0 spiro atoms. The van der Waals surface area contributed by atoms with Crippen LogP contribution in [0.5, 0.6) is 0 Å². The van der Waals surface area contributed by atoms with E-state index in [-0.39, 0.29) is 18.3 Å². The summed E-state index contributed by atoms with van der Waals surface area (Å²) in [5.41, 5.74) is 5.17. The minimum Gasteiger partial charge on any atom is -0.463 e. The van der Waals surface area contributed by atoms with Crippen molar-refractivity contribution in [2.45, 2.75) is 19.9 Å². The molecule has 1 aromatic rings. The van der Waals surface area contributed by atoms with Gasteiger partial charge in [0.25, 0.3) is 0 Å². The number of nitrogens with two attached hydrogens (primary N) is 1. The van der Waals surface area contributed by atoms with Gasteiger partial charge in [0.1, 0.15) is 5.76 Å². The second kappa shape index (κ2) is 6.20. The Balaban J connectivity index is 2.82. The van der Waals surface area contributed by atoms with Gasteiger partial charge in [-0.3, -0.25) is 9.69 Å². The third-order valence-electron chi connectivity index (χ3n) is 2.74. The minimum absolute atomic E-state index is 0.138. The Morgan fingerprint density at radius 1 is 1.50 bits per heavy atom. The zero-order valence-electron chi connectivity index (χ0n) is 10.8. The van der Waals surface area contributed by atoms with Crippen molar-refractivity contribution in [3.05, 3.63) is 23.7 Å². The predicted molar refractivity (Wildman–Crippen MR) is 64.9 cm³/mol. The number of rotatable bonds is 6. The van der Waals surface area contributed by atoms with Gasteiger partial charge in [-0.25, -0.2) is 4.79 Å². The normalized spacial score (nSPS) is 12.4. The highest BCUT2D eigenvalue weighted by atomic mass is 16.5. The quantitative estimate of drug-likeness (QED) is 0.763. The first kappa shape index (κ1) is 14.2. The summed E-state index contributed by atoms with van der Waals surface area (Å²) < 4.78 is 9.95. The van der Waals surface area contributed by atoms with Gasteiger partial charge in [0.15, 0.2) is 0 Å². The van der Waals surface area contributed by atoms with Crippen molar-refractivity contribution in [3.63, 3.8) is 0 Å². The van der Waals surface area contributed by atoms with Gasteiger partial charge in [0, 0.05) is 0 Å². The van der Waals surface area contributed by atoms with Crippen LogP contribution in [0.2, 0.25) is 0 Å². The number of carbonyl (C=O) groups is 2. The molecule has 1 amide bonds. The Morgan fingerprint density at radius 2 is 2.17 bits per heavy atom. The largest absolute Gasteiger partial charge is 0.463 e. The fourth-order valence-electron chi connectivity index (χ4n) is 1.69. The van der Waals surface area contributed by atoms with Crippen LogP contribution in [0.1, 0.15) is 36.2 Å². The number of amides is 1. The molecule has 6 nitrogen and oxygen atoms in total. The molecule has 18 heavy (non-hydrogen) atoms. The second-order valence-electron chi connectivity index (χ2n) is 3.90. The standard InChI is InChI=1S/C12H18N2O4/c1-4-14(7-11(13)15)8(2)9-5-6-10(18-9)12(16)17-3/h5-6,8H,4,7H2,1-3H3,(H2,13,15).